The first-order valence-corrected chi connectivity index (χ1v) is 7.76. The van der Waals surface area contributed by atoms with Crippen LogP contribution in [0.3, 0.4) is 0 Å². The lowest BCUT2D eigenvalue weighted by Gasteiger charge is -2.19. The molecule has 0 aliphatic carbocycles. The molecule has 0 atom stereocenters. The fraction of sp³-hybridized carbons (Fsp3) is 0.471. The van der Waals surface area contributed by atoms with E-state index in [-0.39, 0.29) is 13.0 Å². The summed E-state index contributed by atoms with van der Waals surface area (Å²) < 4.78 is 14.9. The summed E-state index contributed by atoms with van der Waals surface area (Å²) in [4.78, 5) is 34.7. The van der Waals surface area contributed by atoms with Crippen LogP contribution in [0.25, 0.3) is 0 Å². The number of anilines is 1. The number of carbonyl (C=O) groups is 3. The van der Waals surface area contributed by atoms with Gasteiger partial charge >= 0.3 is 12.1 Å². The van der Waals surface area contributed by atoms with Gasteiger partial charge in [0.25, 0.3) is 5.91 Å². The van der Waals surface area contributed by atoms with Crippen molar-refractivity contribution >= 4 is 23.7 Å². The van der Waals surface area contributed by atoms with Crippen LogP contribution >= 0.6 is 0 Å². The Balaban J connectivity index is 2.24. The summed E-state index contributed by atoms with van der Waals surface area (Å²) in [5.74, 6) is -0.471. The Morgan fingerprint density at radius 1 is 1.16 bits per heavy atom. The normalized spacial score (nSPS) is 10.6. The number of rotatable bonds is 7. The molecule has 0 aromatic heterocycles. The summed E-state index contributed by atoms with van der Waals surface area (Å²) >= 11 is 0. The number of hydrogen-bond donors (Lipinski definition) is 2. The highest BCUT2D eigenvalue weighted by Crippen LogP contribution is 2.16. The lowest BCUT2D eigenvalue weighted by Crippen LogP contribution is -2.34. The number of esters is 1. The van der Waals surface area contributed by atoms with Gasteiger partial charge in [-0.25, -0.2) is 4.79 Å². The minimum atomic E-state index is -0.615. The molecule has 0 unspecified atom stereocenters. The second-order valence-corrected chi connectivity index (χ2v) is 6.12. The van der Waals surface area contributed by atoms with Gasteiger partial charge in [0.15, 0.2) is 6.61 Å². The van der Waals surface area contributed by atoms with Gasteiger partial charge < -0.3 is 24.8 Å². The van der Waals surface area contributed by atoms with E-state index < -0.39 is 30.2 Å². The molecule has 138 valence electrons. The van der Waals surface area contributed by atoms with Gasteiger partial charge in [-0.1, -0.05) is 6.07 Å². The van der Waals surface area contributed by atoms with Crippen molar-refractivity contribution in [3.05, 3.63) is 24.3 Å². The average molecular weight is 352 g/mol. The molecule has 8 nitrogen and oxygen atoms in total. The quantitative estimate of drug-likeness (QED) is 0.729. The third-order valence-corrected chi connectivity index (χ3v) is 2.72. The van der Waals surface area contributed by atoms with Gasteiger partial charge in [0.2, 0.25) is 0 Å². The molecule has 0 aliphatic heterocycles. The molecule has 0 saturated carbocycles. The number of benzene rings is 1. The lowest BCUT2D eigenvalue weighted by atomic mass is 10.2. The molecular formula is C17H24N2O6. The molecule has 0 aliphatic rings. The van der Waals surface area contributed by atoms with Crippen LogP contribution in [-0.4, -0.2) is 43.8 Å². The number of alkyl carbamates (subject to hydrolysis) is 1. The van der Waals surface area contributed by atoms with Crippen LogP contribution in [0.5, 0.6) is 5.75 Å². The summed E-state index contributed by atoms with van der Waals surface area (Å²) in [7, 11) is 1.52. The van der Waals surface area contributed by atoms with Gasteiger partial charge in [0.05, 0.1) is 13.5 Å². The maximum Gasteiger partial charge on any atom is 0.407 e. The molecule has 2 N–H and O–H groups in total. The SMILES string of the molecule is COc1cccc(NC(=O)COC(=O)CCNC(=O)OC(C)(C)C)c1. The van der Waals surface area contributed by atoms with E-state index in [1.54, 1.807) is 45.0 Å². The van der Waals surface area contributed by atoms with E-state index in [9.17, 15) is 14.4 Å². The first kappa shape index (κ1) is 20.3. The van der Waals surface area contributed by atoms with E-state index in [2.05, 4.69) is 10.6 Å². The second kappa shape index (κ2) is 9.51. The topological polar surface area (TPSA) is 103 Å². The van der Waals surface area contributed by atoms with Crippen molar-refractivity contribution < 1.29 is 28.6 Å². The predicted molar refractivity (Wildman–Crippen MR) is 91.4 cm³/mol. The number of ether oxygens (including phenoxy) is 3. The largest absolute Gasteiger partial charge is 0.497 e. The van der Waals surface area contributed by atoms with E-state index in [0.29, 0.717) is 11.4 Å². The highest BCUT2D eigenvalue weighted by molar-refractivity contribution is 5.92. The molecule has 0 bridgehead atoms. The van der Waals surface area contributed by atoms with E-state index in [1.807, 2.05) is 0 Å². The van der Waals surface area contributed by atoms with E-state index in [1.165, 1.54) is 7.11 Å². The van der Waals surface area contributed by atoms with Crippen LogP contribution in [0.2, 0.25) is 0 Å². The zero-order chi connectivity index (χ0) is 18.9. The molecule has 1 aromatic carbocycles. The molecule has 0 radical (unpaired) electrons. The van der Waals surface area contributed by atoms with Gasteiger partial charge in [0.1, 0.15) is 11.4 Å². The lowest BCUT2D eigenvalue weighted by molar-refractivity contribution is -0.147. The highest BCUT2D eigenvalue weighted by Gasteiger charge is 2.16. The summed E-state index contributed by atoms with van der Waals surface area (Å²) in [5, 5.41) is 5.02. The molecule has 1 rings (SSSR count). The van der Waals surface area contributed by atoms with Crippen LogP contribution in [0.1, 0.15) is 27.2 Å². The van der Waals surface area contributed by atoms with Crippen molar-refractivity contribution in [2.75, 3.05) is 25.6 Å². The van der Waals surface area contributed by atoms with Crippen molar-refractivity contribution in [2.45, 2.75) is 32.8 Å². The van der Waals surface area contributed by atoms with Crippen LogP contribution < -0.4 is 15.4 Å². The molecule has 2 amide bonds. The Morgan fingerprint density at radius 3 is 2.52 bits per heavy atom. The summed E-state index contributed by atoms with van der Waals surface area (Å²) in [6.07, 6.45) is -0.679. The summed E-state index contributed by atoms with van der Waals surface area (Å²) in [6.45, 7) is 4.86. The summed E-state index contributed by atoms with van der Waals surface area (Å²) in [5.41, 5.74) is -0.0741. The monoisotopic (exact) mass is 352 g/mol. The maximum absolute atomic E-state index is 11.7. The molecule has 0 fully saturated rings. The maximum atomic E-state index is 11.7. The first-order valence-electron chi connectivity index (χ1n) is 7.76. The Hall–Kier alpha value is -2.77. The van der Waals surface area contributed by atoms with Crippen molar-refractivity contribution in [3.63, 3.8) is 0 Å². The molecule has 1 aromatic rings. The van der Waals surface area contributed by atoms with Gasteiger partial charge in [-0.15, -0.1) is 0 Å². The van der Waals surface area contributed by atoms with Gasteiger partial charge in [0, 0.05) is 18.3 Å². The molecule has 0 spiro atoms. The van der Waals surface area contributed by atoms with Gasteiger partial charge in [-0.3, -0.25) is 9.59 Å². The van der Waals surface area contributed by atoms with E-state index in [4.69, 9.17) is 14.2 Å². The number of hydrogen-bond acceptors (Lipinski definition) is 6. The third kappa shape index (κ3) is 9.19. The van der Waals surface area contributed by atoms with Crippen LogP contribution in [0.15, 0.2) is 24.3 Å². The first-order chi connectivity index (χ1) is 11.7. The second-order valence-electron chi connectivity index (χ2n) is 6.12. The zero-order valence-electron chi connectivity index (χ0n) is 14.9. The Kier molecular flexibility index (Phi) is 7.71. The molecular weight excluding hydrogens is 328 g/mol. The third-order valence-electron chi connectivity index (χ3n) is 2.72. The standard InChI is InChI=1S/C17H24N2O6/c1-17(2,3)25-16(22)18-9-8-15(21)24-11-14(20)19-12-6-5-7-13(10-12)23-4/h5-7,10H,8-9,11H2,1-4H3,(H,18,22)(H,19,20). The Morgan fingerprint density at radius 2 is 1.88 bits per heavy atom. The minimum Gasteiger partial charge on any atom is -0.497 e. The fourth-order valence-electron chi connectivity index (χ4n) is 1.70. The smallest absolute Gasteiger partial charge is 0.407 e. The van der Waals surface area contributed by atoms with Crippen molar-refractivity contribution in [1.82, 2.24) is 5.32 Å². The number of methoxy groups -OCH3 is 1. The van der Waals surface area contributed by atoms with Gasteiger partial charge in [-0.05, 0) is 32.9 Å². The predicted octanol–water partition coefficient (Wildman–Crippen LogP) is 2.09. The average Bonchev–Trinajstić information content (AvgIpc) is 2.51. The minimum absolute atomic E-state index is 0.0608. The number of carbonyl (C=O) groups excluding carboxylic acids is 3. The highest BCUT2D eigenvalue weighted by atomic mass is 16.6. The summed E-state index contributed by atoms with van der Waals surface area (Å²) in [6, 6.07) is 6.80. The van der Waals surface area contributed by atoms with E-state index >= 15 is 0 Å². The van der Waals surface area contributed by atoms with Crippen molar-refractivity contribution in [3.8, 4) is 5.75 Å². The van der Waals surface area contributed by atoms with Crippen LogP contribution in [0, 0.1) is 0 Å². The molecule has 25 heavy (non-hydrogen) atoms. The van der Waals surface area contributed by atoms with Gasteiger partial charge in [-0.2, -0.15) is 0 Å². The molecule has 0 heterocycles. The zero-order valence-corrected chi connectivity index (χ0v) is 14.9. The number of nitrogens with one attached hydrogen (secondary N) is 2. The molecule has 8 heteroatoms. The van der Waals surface area contributed by atoms with Crippen molar-refractivity contribution in [1.29, 1.82) is 0 Å². The van der Waals surface area contributed by atoms with E-state index in [0.717, 1.165) is 0 Å². The van der Waals surface area contributed by atoms with Crippen LogP contribution in [-0.2, 0) is 19.1 Å². The van der Waals surface area contributed by atoms with Crippen molar-refractivity contribution in [2.24, 2.45) is 0 Å². The Labute approximate surface area is 146 Å². The Bertz CT molecular complexity index is 609. The van der Waals surface area contributed by atoms with Crippen LogP contribution in [0.4, 0.5) is 10.5 Å². The fourth-order valence-corrected chi connectivity index (χ4v) is 1.70. The molecule has 0 saturated heterocycles. The number of amides is 2.